The third kappa shape index (κ3) is 3.48. The van der Waals surface area contributed by atoms with E-state index < -0.39 is 17.4 Å². The van der Waals surface area contributed by atoms with E-state index in [1.165, 1.54) is 21.3 Å². The van der Waals surface area contributed by atoms with Crippen LogP contribution >= 0.6 is 22.7 Å². The number of amides is 1. The number of thiophene rings is 1. The standard InChI is InChI=1S/C15H15N5O4S2/c1-3-4-9-16-12-11(8(6-25-12)14(23)24)13(22)20(9)5-10(21)17-15-19-18-7(2)26-15/h6H,3-5H2,1-2H3,(H,23,24)(H,17,19,21). The van der Waals surface area contributed by atoms with Gasteiger partial charge in [-0.25, -0.2) is 9.78 Å². The van der Waals surface area contributed by atoms with Crippen molar-refractivity contribution in [2.45, 2.75) is 33.2 Å². The second-order valence-electron chi connectivity index (χ2n) is 5.48. The number of carboxylic acids is 1. The highest BCUT2D eigenvalue weighted by molar-refractivity contribution is 7.17. The lowest BCUT2D eigenvalue weighted by Crippen LogP contribution is -2.31. The Morgan fingerprint density at radius 1 is 1.35 bits per heavy atom. The molecule has 11 heteroatoms. The van der Waals surface area contributed by atoms with Gasteiger partial charge in [-0.15, -0.1) is 21.5 Å². The average molecular weight is 393 g/mol. The number of aryl methyl sites for hydroxylation is 2. The molecule has 3 rings (SSSR count). The van der Waals surface area contributed by atoms with Gasteiger partial charge in [-0.1, -0.05) is 18.3 Å². The maximum Gasteiger partial charge on any atom is 0.337 e. The number of anilines is 1. The normalized spacial score (nSPS) is 11.0. The number of nitrogens with zero attached hydrogens (tertiary/aromatic N) is 4. The Kier molecular flexibility index (Phi) is 5.09. The SMILES string of the molecule is CCCc1nc2scc(C(=O)O)c2c(=O)n1CC(=O)Nc1nnc(C)s1. The molecule has 136 valence electrons. The van der Waals surface area contributed by atoms with Crippen LogP contribution in [0.4, 0.5) is 5.13 Å². The summed E-state index contributed by atoms with van der Waals surface area (Å²) in [5.74, 6) is -1.19. The minimum absolute atomic E-state index is 0.0295. The van der Waals surface area contributed by atoms with E-state index in [2.05, 4.69) is 20.5 Å². The molecule has 0 unspecified atom stereocenters. The van der Waals surface area contributed by atoms with Crippen molar-refractivity contribution in [2.24, 2.45) is 0 Å². The maximum atomic E-state index is 12.9. The first-order valence-electron chi connectivity index (χ1n) is 7.74. The highest BCUT2D eigenvalue weighted by Gasteiger charge is 2.20. The molecular weight excluding hydrogens is 378 g/mol. The number of carbonyl (C=O) groups excluding carboxylic acids is 1. The van der Waals surface area contributed by atoms with Crippen LogP contribution in [0, 0.1) is 6.92 Å². The second-order valence-corrected chi connectivity index (χ2v) is 7.52. The summed E-state index contributed by atoms with van der Waals surface area (Å²) in [5.41, 5.74) is -0.625. The van der Waals surface area contributed by atoms with E-state index in [-0.39, 0.29) is 17.5 Å². The van der Waals surface area contributed by atoms with Crippen molar-refractivity contribution >= 4 is 49.9 Å². The van der Waals surface area contributed by atoms with Crippen LogP contribution in [0.5, 0.6) is 0 Å². The molecule has 1 amide bonds. The summed E-state index contributed by atoms with van der Waals surface area (Å²) in [6.07, 6.45) is 1.23. The number of rotatable bonds is 6. The zero-order valence-corrected chi connectivity index (χ0v) is 15.6. The van der Waals surface area contributed by atoms with Gasteiger partial charge in [-0.2, -0.15) is 0 Å². The molecule has 3 heterocycles. The predicted octanol–water partition coefficient (Wildman–Crippen LogP) is 1.91. The first-order valence-corrected chi connectivity index (χ1v) is 9.44. The van der Waals surface area contributed by atoms with Crippen LogP contribution in [-0.4, -0.2) is 36.7 Å². The first kappa shape index (κ1) is 18.1. The fourth-order valence-corrected chi connectivity index (χ4v) is 3.98. The van der Waals surface area contributed by atoms with Gasteiger partial charge in [0.2, 0.25) is 11.0 Å². The summed E-state index contributed by atoms with van der Waals surface area (Å²) in [6.45, 7) is 3.42. The lowest BCUT2D eigenvalue weighted by molar-refractivity contribution is -0.116. The fraction of sp³-hybridized carbons (Fsp3) is 0.333. The van der Waals surface area contributed by atoms with Gasteiger partial charge in [0.25, 0.3) is 5.56 Å². The number of nitrogens with one attached hydrogen (secondary N) is 1. The number of fused-ring (bicyclic) bond motifs is 1. The summed E-state index contributed by atoms with van der Waals surface area (Å²) in [5, 5.41) is 22.0. The van der Waals surface area contributed by atoms with Crippen molar-refractivity contribution in [3.05, 3.63) is 32.1 Å². The largest absolute Gasteiger partial charge is 0.478 e. The van der Waals surface area contributed by atoms with Crippen LogP contribution in [0.1, 0.15) is 34.5 Å². The van der Waals surface area contributed by atoms with Crippen LogP contribution in [0.25, 0.3) is 10.2 Å². The van der Waals surface area contributed by atoms with Crippen LogP contribution < -0.4 is 10.9 Å². The molecule has 0 aliphatic heterocycles. The highest BCUT2D eigenvalue weighted by Crippen LogP contribution is 2.22. The quantitative estimate of drug-likeness (QED) is 0.655. The van der Waals surface area contributed by atoms with E-state index in [1.54, 1.807) is 6.92 Å². The van der Waals surface area contributed by atoms with E-state index in [0.717, 1.165) is 17.8 Å². The van der Waals surface area contributed by atoms with Crippen molar-refractivity contribution in [1.82, 2.24) is 19.7 Å². The number of hydrogen-bond donors (Lipinski definition) is 2. The number of aromatic carboxylic acids is 1. The molecule has 3 aromatic heterocycles. The maximum absolute atomic E-state index is 12.9. The van der Waals surface area contributed by atoms with Gasteiger partial charge in [0.1, 0.15) is 22.2 Å². The van der Waals surface area contributed by atoms with E-state index in [1.807, 2.05) is 6.92 Å². The average Bonchev–Trinajstić information content (AvgIpc) is 3.17. The highest BCUT2D eigenvalue weighted by atomic mass is 32.1. The lowest BCUT2D eigenvalue weighted by atomic mass is 10.2. The molecule has 2 N–H and O–H groups in total. The van der Waals surface area contributed by atoms with Crippen molar-refractivity contribution in [2.75, 3.05) is 5.32 Å². The molecule has 0 saturated heterocycles. The number of aromatic nitrogens is 4. The number of hydrogen-bond acceptors (Lipinski definition) is 8. The monoisotopic (exact) mass is 393 g/mol. The van der Waals surface area contributed by atoms with Gasteiger partial charge < -0.3 is 5.11 Å². The molecule has 3 aromatic rings. The van der Waals surface area contributed by atoms with Crippen LogP contribution in [0.3, 0.4) is 0 Å². The van der Waals surface area contributed by atoms with Crippen LogP contribution in [0.15, 0.2) is 10.2 Å². The van der Waals surface area contributed by atoms with Crippen molar-refractivity contribution in [3.8, 4) is 0 Å². The van der Waals surface area contributed by atoms with Gasteiger partial charge in [-0.3, -0.25) is 19.5 Å². The molecule has 0 spiro atoms. The lowest BCUT2D eigenvalue weighted by Gasteiger charge is -2.11. The Labute approximate surface area is 155 Å². The summed E-state index contributed by atoms with van der Waals surface area (Å²) < 4.78 is 1.23. The van der Waals surface area contributed by atoms with Gasteiger partial charge in [0, 0.05) is 11.8 Å². The van der Waals surface area contributed by atoms with Crippen LogP contribution in [0.2, 0.25) is 0 Å². The molecule has 0 fully saturated rings. The molecule has 0 aliphatic carbocycles. The summed E-state index contributed by atoms with van der Waals surface area (Å²) in [6, 6.07) is 0. The zero-order chi connectivity index (χ0) is 18.8. The Morgan fingerprint density at radius 2 is 2.12 bits per heavy atom. The Bertz CT molecular complexity index is 1050. The Morgan fingerprint density at radius 3 is 2.73 bits per heavy atom. The van der Waals surface area contributed by atoms with E-state index >= 15 is 0 Å². The molecular formula is C15H15N5O4S2. The molecule has 0 saturated carbocycles. The Balaban J connectivity index is 2.01. The molecule has 26 heavy (non-hydrogen) atoms. The smallest absolute Gasteiger partial charge is 0.337 e. The first-order chi connectivity index (χ1) is 12.4. The molecule has 0 aliphatic rings. The molecule has 0 aromatic carbocycles. The Hall–Kier alpha value is -2.66. The van der Waals surface area contributed by atoms with Gasteiger partial charge in [0.05, 0.1) is 10.9 Å². The third-order valence-corrected chi connectivity index (χ3v) is 5.18. The van der Waals surface area contributed by atoms with Gasteiger partial charge >= 0.3 is 5.97 Å². The van der Waals surface area contributed by atoms with Crippen molar-refractivity contribution < 1.29 is 14.7 Å². The van der Waals surface area contributed by atoms with Crippen LogP contribution in [-0.2, 0) is 17.8 Å². The molecule has 0 atom stereocenters. The van der Waals surface area contributed by atoms with E-state index in [0.29, 0.717) is 27.2 Å². The minimum atomic E-state index is -1.20. The number of carbonyl (C=O) groups is 2. The van der Waals surface area contributed by atoms with Gasteiger partial charge in [-0.05, 0) is 13.3 Å². The summed E-state index contributed by atoms with van der Waals surface area (Å²) in [4.78, 5) is 41.3. The topological polar surface area (TPSA) is 127 Å². The third-order valence-electron chi connectivity index (χ3n) is 3.55. The van der Waals surface area contributed by atoms with Crippen molar-refractivity contribution in [3.63, 3.8) is 0 Å². The summed E-state index contributed by atoms with van der Waals surface area (Å²) in [7, 11) is 0. The van der Waals surface area contributed by atoms with E-state index in [4.69, 9.17) is 0 Å². The molecule has 0 radical (unpaired) electrons. The molecule has 0 bridgehead atoms. The van der Waals surface area contributed by atoms with Crippen molar-refractivity contribution in [1.29, 1.82) is 0 Å². The predicted molar refractivity (Wildman–Crippen MR) is 98.1 cm³/mol. The van der Waals surface area contributed by atoms with Gasteiger partial charge in [0.15, 0.2) is 0 Å². The zero-order valence-electron chi connectivity index (χ0n) is 14.0. The second kappa shape index (κ2) is 7.30. The fourth-order valence-electron chi connectivity index (χ4n) is 2.45. The molecule has 9 nitrogen and oxygen atoms in total. The van der Waals surface area contributed by atoms with E-state index in [9.17, 15) is 19.5 Å². The number of carboxylic acid groups (broad SMARTS) is 1. The summed E-state index contributed by atoms with van der Waals surface area (Å²) >= 11 is 2.33. The minimum Gasteiger partial charge on any atom is -0.478 e.